The van der Waals surface area contributed by atoms with Gasteiger partial charge >= 0.3 is 0 Å². The van der Waals surface area contributed by atoms with Gasteiger partial charge in [-0.25, -0.2) is 9.07 Å². The molecule has 1 saturated carbocycles. The number of halogens is 1. The molecule has 30 heavy (non-hydrogen) atoms. The standard InChI is InChI=1S/C23H24FN5S/c24-19-13-11-17(12-14-19)22-18(16-29(28-22)21-9-5-2-6-10-21)15-25-27-23(30)26-20-7-3-1-4-8-20/h2,5-6,9-16,20H,1,3-4,7-8H2,(H2,26,27,30)/b25-15-. The summed E-state index contributed by atoms with van der Waals surface area (Å²) >= 11 is 5.37. The van der Waals surface area contributed by atoms with Gasteiger partial charge in [0.15, 0.2) is 5.11 Å². The zero-order valence-corrected chi connectivity index (χ0v) is 17.4. The van der Waals surface area contributed by atoms with E-state index in [1.807, 2.05) is 36.5 Å². The normalized spacial score (nSPS) is 14.7. The average molecular weight is 422 g/mol. The molecule has 0 atom stereocenters. The van der Waals surface area contributed by atoms with Crippen LogP contribution in [0.5, 0.6) is 0 Å². The van der Waals surface area contributed by atoms with Crippen LogP contribution in [-0.2, 0) is 0 Å². The zero-order chi connectivity index (χ0) is 20.8. The third-order valence-corrected chi connectivity index (χ3v) is 5.40. The van der Waals surface area contributed by atoms with Gasteiger partial charge in [-0.2, -0.15) is 10.2 Å². The maximum absolute atomic E-state index is 13.4. The lowest BCUT2D eigenvalue weighted by atomic mass is 9.96. The summed E-state index contributed by atoms with van der Waals surface area (Å²) in [6.07, 6.45) is 9.66. The molecule has 1 aliphatic carbocycles. The predicted octanol–water partition coefficient (Wildman–Crippen LogP) is 4.81. The van der Waals surface area contributed by atoms with Crippen molar-refractivity contribution >= 4 is 23.5 Å². The Labute approximate surface area is 181 Å². The number of nitrogens with one attached hydrogen (secondary N) is 2. The van der Waals surface area contributed by atoms with Crippen LogP contribution in [0.4, 0.5) is 4.39 Å². The van der Waals surface area contributed by atoms with Gasteiger partial charge in [-0.1, -0.05) is 37.5 Å². The first-order valence-electron chi connectivity index (χ1n) is 10.2. The molecule has 5 nitrogen and oxygen atoms in total. The van der Waals surface area contributed by atoms with E-state index in [0.29, 0.717) is 11.2 Å². The van der Waals surface area contributed by atoms with E-state index in [-0.39, 0.29) is 5.82 Å². The van der Waals surface area contributed by atoms with Crippen LogP contribution in [0, 0.1) is 5.82 Å². The molecular weight excluding hydrogens is 397 g/mol. The molecule has 2 aromatic carbocycles. The Morgan fingerprint density at radius 2 is 1.80 bits per heavy atom. The van der Waals surface area contributed by atoms with E-state index in [2.05, 4.69) is 15.8 Å². The number of hydrogen-bond donors (Lipinski definition) is 2. The summed E-state index contributed by atoms with van der Waals surface area (Å²) in [5, 5.41) is 12.9. The summed E-state index contributed by atoms with van der Waals surface area (Å²) in [6, 6.07) is 16.5. The first-order valence-corrected chi connectivity index (χ1v) is 10.6. The van der Waals surface area contributed by atoms with Crippen molar-refractivity contribution in [3.05, 3.63) is 72.2 Å². The number of hydrazone groups is 1. The minimum Gasteiger partial charge on any atom is -0.359 e. The molecule has 7 heteroatoms. The Balaban J connectivity index is 1.53. The zero-order valence-electron chi connectivity index (χ0n) is 16.6. The van der Waals surface area contributed by atoms with Crippen LogP contribution in [0.25, 0.3) is 16.9 Å². The lowest BCUT2D eigenvalue weighted by Crippen LogP contribution is -2.40. The smallest absolute Gasteiger partial charge is 0.187 e. The van der Waals surface area contributed by atoms with Gasteiger partial charge in [0.1, 0.15) is 11.5 Å². The minimum absolute atomic E-state index is 0.280. The molecule has 1 aliphatic rings. The highest BCUT2D eigenvalue weighted by Gasteiger charge is 2.14. The van der Waals surface area contributed by atoms with Crippen LogP contribution < -0.4 is 10.7 Å². The molecule has 2 N–H and O–H groups in total. The SMILES string of the molecule is Fc1ccc(-c2nn(-c3ccccc3)cc2/C=N\NC(=S)NC2CCCCC2)cc1. The highest BCUT2D eigenvalue weighted by molar-refractivity contribution is 7.80. The summed E-state index contributed by atoms with van der Waals surface area (Å²) in [5.41, 5.74) is 6.18. The molecule has 154 valence electrons. The Morgan fingerprint density at radius 1 is 1.07 bits per heavy atom. The van der Waals surface area contributed by atoms with Gasteiger partial charge in [-0.05, 0) is 61.5 Å². The third-order valence-electron chi connectivity index (χ3n) is 5.19. The molecule has 0 spiro atoms. The first-order chi connectivity index (χ1) is 14.7. The van der Waals surface area contributed by atoms with Crippen molar-refractivity contribution in [2.45, 2.75) is 38.1 Å². The maximum Gasteiger partial charge on any atom is 0.187 e. The van der Waals surface area contributed by atoms with Crippen LogP contribution in [-0.4, -0.2) is 27.1 Å². The summed E-state index contributed by atoms with van der Waals surface area (Å²) in [6.45, 7) is 0. The number of benzene rings is 2. The molecule has 0 aliphatic heterocycles. The Bertz CT molecular complexity index is 1010. The van der Waals surface area contributed by atoms with Crippen LogP contribution in [0.3, 0.4) is 0 Å². The van der Waals surface area contributed by atoms with Gasteiger partial charge in [-0.15, -0.1) is 0 Å². The van der Waals surface area contributed by atoms with Crippen molar-refractivity contribution in [2.24, 2.45) is 5.10 Å². The number of hydrogen-bond acceptors (Lipinski definition) is 3. The van der Waals surface area contributed by atoms with E-state index in [4.69, 9.17) is 17.3 Å². The quantitative estimate of drug-likeness (QED) is 0.353. The van der Waals surface area contributed by atoms with Crippen molar-refractivity contribution in [2.75, 3.05) is 0 Å². The van der Waals surface area contributed by atoms with Crippen molar-refractivity contribution in [1.29, 1.82) is 0 Å². The van der Waals surface area contributed by atoms with Gasteiger partial charge in [0, 0.05) is 23.4 Å². The number of aromatic nitrogens is 2. The van der Waals surface area contributed by atoms with E-state index in [1.165, 1.54) is 31.4 Å². The second kappa shape index (κ2) is 9.63. The van der Waals surface area contributed by atoms with Gasteiger partial charge in [0.2, 0.25) is 0 Å². The maximum atomic E-state index is 13.4. The molecule has 0 saturated heterocycles. The van der Waals surface area contributed by atoms with E-state index < -0.39 is 0 Å². The number of para-hydroxylation sites is 1. The Hall–Kier alpha value is -3.06. The molecule has 0 amide bonds. The van der Waals surface area contributed by atoms with E-state index in [0.717, 1.165) is 35.3 Å². The largest absolute Gasteiger partial charge is 0.359 e. The first kappa shape index (κ1) is 20.2. The van der Waals surface area contributed by atoms with Crippen LogP contribution >= 0.6 is 12.2 Å². The Kier molecular flexibility index (Phi) is 6.49. The van der Waals surface area contributed by atoms with Crippen molar-refractivity contribution in [3.63, 3.8) is 0 Å². The fraction of sp³-hybridized carbons (Fsp3) is 0.261. The van der Waals surface area contributed by atoms with Gasteiger partial charge in [0.05, 0.1) is 11.9 Å². The summed E-state index contributed by atoms with van der Waals surface area (Å²) in [7, 11) is 0. The predicted molar refractivity (Wildman–Crippen MR) is 122 cm³/mol. The molecule has 4 rings (SSSR count). The molecule has 3 aromatic rings. The average Bonchev–Trinajstić information content (AvgIpc) is 3.20. The van der Waals surface area contributed by atoms with Crippen molar-refractivity contribution in [1.82, 2.24) is 20.5 Å². The van der Waals surface area contributed by atoms with E-state index >= 15 is 0 Å². The molecule has 1 heterocycles. The monoisotopic (exact) mass is 421 g/mol. The van der Waals surface area contributed by atoms with Gasteiger partial charge in [-0.3, -0.25) is 5.43 Å². The molecule has 1 aromatic heterocycles. The topological polar surface area (TPSA) is 54.2 Å². The highest BCUT2D eigenvalue weighted by Crippen LogP contribution is 2.23. The van der Waals surface area contributed by atoms with Gasteiger partial charge < -0.3 is 5.32 Å². The van der Waals surface area contributed by atoms with Crippen LogP contribution in [0.15, 0.2) is 65.9 Å². The molecule has 0 bridgehead atoms. The van der Waals surface area contributed by atoms with Crippen molar-refractivity contribution < 1.29 is 4.39 Å². The lowest BCUT2D eigenvalue weighted by molar-refractivity contribution is 0.412. The fourth-order valence-electron chi connectivity index (χ4n) is 3.65. The Morgan fingerprint density at radius 3 is 2.53 bits per heavy atom. The summed E-state index contributed by atoms with van der Waals surface area (Å²) < 4.78 is 15.2. The second-order valence-corrected chi connectivity index (χ2v) is 7.81. The fourth-order valence-corrected chi connectivity index (χ4v) is 3.87. The number of thiocarbonyl (C=S) groups is 1. The minimum atomic E-state index is -0.280. The van der Waals surface area contributed by atoms with E-state index in [9.17, 15) is 4.39 Å². The molecule has 1 fully saturated rings. The highest BCUT2D eigenvalue weighted by atomic mass is 32.1. The molecule has 0 unspecified atom stereocenters. The summed E-state index contributed by atoms with van der Waals surface area (Å²) in [4.78, 5) is 0. The number of nitrogens with zero attached hydrogens (tertiary/aromatic N) is 3. The molecule has 0 radical (unpaired) electrons. The summed E-state index contributed by atoms with van der Waals surface area (Å²) in [5.74, 6) is -0.280. The van der Waals surface area contributed by atoms with Crippen LogP contribution in [0.1, 0.15) is 37.7 Å². The van der Waals surface area contributed by atoms with Crippen molar-refractivity contribution in [3.8, 4) is 16.9 Å². The number of rotatable bonds is 5. The second-order valence-electron chi connectivity index (χ2n) is 7.40. The molecular formula is C23H24FN5S. The third kappa shape index (κ3) is 5.10. The van der Waals surface area contributed by atoms with Crippen LogP contribution in [0.2, 0.25) is 0 Å². The lowest BCUT2D eigenvalue weighted by Gasteiger charge is -2.23. The van der Waals surface area contributed by atoms with Gasteiger partial charge in [0.25, 0.3) is 0 Å². The van der Waals surface area contributed by atoms with E-state index in [1.54, 1.807) is 23.0 Å².